The lowest BCUT2D eigenvalue weighted by Gasteiger charge is -2.25. The van der Waals surface area contributed by atoms with Crippen LogP contribution >= 0.6 is 11.3 Å². The van der Waals surface area contributed by atoms with E-state index in [4.69, 9.17) is 0 Å². The van der Waals surface area contributed by atoms with Gasteiger partial charge in [-0.3, -0.25) is 9.59 Å². The second-order valence-corrected chi connectivity index (χ2v) is 6.58. The third-order valence-corrected chi connectivity index (χ3v) is 5.35. The molecule has 0 saturated carbocycles. The van der Waals surface area contributed by atoms with Crippen LogP contribution in [0.5, 0.6) is 0 Å². The van der Waals surface area contributed by atoms with Gasteiger partial charge in [-0.25, -0.2) is 0 Å². The number of carboxylic acid groups (broad SMARTS) is 1. The summed E-state index contributed by atoms with van der Waals surface area (Å²) >= 11 is 1.41. The number of aliphatic carboxylic acids is 1. The number of likely N-dealkylation sites (tertiary alicyclic amines) is 1. The van der Waals surface area contributed by atoms with Crippen LogP contribution in [0.3, 0.4) is 0 Å². The highest BCUT2D eigenvalue weighted by atomic mass is 32.1. The van der Waals surface area contributed by atoms with Gasteiger partial charge in [-0.15, -0.1) is 11.3 Å². The van der Waals surface area contributed by atoms with Crippen molar-refractivity contribution in [2.75, 3.05) is 13.1 Å². The molecule has 1 saturated heterocycles. The van der Waals surface area contributed by atoms with E-state index in [-0.39, 0.29) is 12.5 Å². The minimum atomic E-state index is -0.998. The van der Waals surface area contributed by atoms with Crippen molar-refractivity contribution in [1.82, 2.24) is 4.90 Å². The summed E-state index contributed by atoms with van der Waals surface area (Å²) in [6, 6.07) is 11.1. The van der Waals surface area contributed by atoms with E-state index in [1.807, 2.05) is 48.7 Å². The molecule has 114 valence electrons. The minimum Gasteiger partial charge on any atom is -0.481 e. The molecule has 1 aliphatic heterocycles. The highest BCUT2D eigenvalue weighted by Gasteiger charge is 2.47. The molecule has 2 heterocycles. The summed E-state index contributed by atoms with van der Waals surface area (Å²) in [5, 5.41) is 11.7. The number of benzene rings is 1. The normalized spacial score (nSPS) is 21.0. The van der Waals surface area contributed by atoms with Gasteiger partial charge in [0.15, 0.2) is 0 Å². The first-order valence-corrected chi connectivity index (χ1v) is 8.05. The molecular formula is C17H17NO3S. The Morgan fingerprint density at radius 2 is 1.95 bits per heavy atom. The highest BCUT2D eigenvalue weighted by Crippen LogP contribution is 2.36. The quantitative estimate of drug-likeness (QED) is 0.947. The molecule has 1 aliphatic rings. The van der Waals surface area contributed by atoms with Crippen LogP contribution < -0.4 is 0 Å². The van der Waals surface area contributed by atoms with Gasteiger partial charge >= 0.3 is 5.97 Å². The summed E-state index contributed by atoms with van der Waals surface area (Å²) < 4.78 is 0. The number of aryl methyl sites for hydroxylation is 1. The first kappa shape index (κ1) is 14.8. The average molecular weight is 315 g/mol. The molecule has 1 atom stereocenters. The molecule has 5 heteroatoms. The summed E-state index contributed by atoms with van der Waals surface area (Å²) in [7, 11) is 0. The van der Waals surface area contributed by atoms with Crippen LogP contribution in [0.2, 0.25) is 0 Å². The predicted octanol–water partition coefficient (Wildman–Crippen LogP) is 2.93. The molecule has 1 amide bonds. The smallest absolute Gasteiger partial charge is 0.316 e. The molecule has 0 unspecified atom stereocenters. The Morgan fingerprint density at radius 3 is 2.55 bits per heavy atom. The Balaban J connectivity index is 1.90. The van der Waals surface area contributed by atoms with E-state index in [2.05, 4.69) is 0 Å². The number of nitrogens with zero attached hydrogens (tertiary/aromatic N) is 1. The molecule has 3 rings (SSSR count). The lowest BCUT2D eigenvalue weighted by molar-refractivity contribution is -0.143. The lowest BCUT2D eigenvalue weighted by atomic mass is 9.80. The molecule has 1 fully saturated rings. The fourth-order valence-electron chi connectivity index (χ4n) is 3.01. The van der Waals surface area contributed by atoms with Crippen molar-refractivity contribution in [3.63, 3.8) is 0 Å². The first-order valence-electron chi connectivity index (χ1n) is 7.17. The Bertz CT molecular complexity index is 710. The number of carbonyl (C=O) groups is 2. The summed E-state index contributed by atoms with van der Waals surface area (Å²) in [5.41, 5.74) is 0.713. The highest BCUT2D eigenvalue weighted by molar-refractivity contribution is 7.12. The summed E-state index contributed by atoms with van der Waals surface area (Å²) in [6.45, 7) is 2.60. The van der Waals surface area contributed by atoms with E-state index in [9.17, 15) is 14.7 Å². The van der Waals surface area contributed by atoms with E-state index < -0.39 is 11.4 Å². The maximum absolute atomic E-state index is 12.6. The topological polar surface area (TPSA) is 57.6 Å². The largest absolute Gasteiger partial charge is 0.481 e. The van der Waals surface area contributed by atoms with Crippen LogP contribution in [0, 0.1) is 6.92 Å². The summed E-state index contributed by atoms with van der Waals surface area (Å²) in [5.74, 6) is -0.927. The maximum Gasteiger partial charge on any atom is 0.316 e. The number of carbonyl (C=O) groups excluding carboxylic acids is 1. The molecule has 4 nitrogen and oxygen atoms in total. The van der Waals surface area contributed by atoms with Crippen LogP contribution in [0.25, 0.3) is 0 Å². The third kappa shape index (κ3) is 2.31. The molecule has 0 bridgehead atoms. The standard InChI is InChI=1S/C17H17NO3S/c1-12-7-10-22-14(12)15(19)18-9-8-17(11-18,16(20)21)13-5-3-2-4-6-13/h2-7,10H,8-9,11H2,1H3,(H,20,21)/t17-/m0/s1. The van der Waals surface area contributed by atoms with Crippen molar-refractivity contribution >= 4 is 23.2 Å². The minimum absolute atomic E-state index is 0.0634. The zero-order chi connectivity index (χ0) is 15.7. The van der Waals surface area contributed by atoms with Crippen LogP contribution in [0.1, 0.15) is 27.2 Å². The van der Waals surface area contributed by atoms with Crippen LogP contribution in [0.15, 0.2) is 41.8 Å². The van der Waals surface area contributed by atoms with Crippen LogP contribution in [-0.2, 0) is 10.2 Å². The van der Waals surface area contributed by atoms with Gasteiger partial charge in [-0.1, -0.05) is 30.3 Å². The van der Waals surface area contributed by atoms with Crippen molar-refractivity contribution in [3.05, 3.63) is 57.8 Å². The van der Waals surface area contributed by atoms with Crippen molar-refractivity contribution in [2.45, 2.75) is 18.8 Å². The fourth-order valence-corrected chi connectivity index (χ4v) is 3.90. The Kier molecular flexibility index (Phi) is 3.74. The zero-order valence-corrected chi connectivity index (χ0v) is 13.1. The SMILES string of the molecule is Cc1ccsc1C(=O)N1CC[C@@](C(=O)O)(c2ccccc2)C1. The van der Waals surface area contributed by atoms with E-state index in [1.54, 1.807) is 4.90 Å². The molecule has 22 heavy (non-hydrogen) atoms. The van der Waals surface area contributed by atoms with Gasteiger partial charge in [-0.05, 0) is 35.9 Å². The molecule has 1 N–H and O–H groups in total. The van der Waals surface area contributed by atoms with Gasteiger partial charge in [-0.2, -0.15) is 0 Å². The van der Waals surface area contributed by atoms with Gasteiger partial charge in [0.1, 0.15) is 5.41 Å². The van der Waals surface area contributed by atoms with Gasteiger partial charge in [0.25, 0.3) is 5.91 Å². The number of hydrogen-bond acceptors (Lipinski definition) is 3. The Labute approximate surface area is 133 Å². The maximum atomic E-state index is 12.6. The number of rotatable bonds is 3. The Morgan fingerprint density at radius 1 is 1.23 bits per heavy atom. The van der Waals surface area contributed by atoms with E-state index in [0.29, 0.717) is 17.8 Å². The van der Waals surface area contributed by atoms with Crippen LogP contribution in [-0.4, -0.2) is 35.0 Å². The van der Waals surface area contributed by atoms with Crippen molar-refractivity contribution in [3.8, 4) is 0 Å². The summed E-state index contributed by atoms with van der Waals surface area (Å²) in [6.07, 6.45) is 0.447. The number of thiophene rings is 1. The summed E-state index contributed by atoms with van der Waals surface area (Å²) in [4.78, 5) is 26.9. The van der Waals surface area contributed by atoms with E-state index in [0.717, 1.165) is 11.1 Å². The zero-order valence-electron chi connectivity index (χ0n) is 12.3. The van der Waals surface area contributed by atoms with Crippen molar-refractivity contribution in [2.24, 2.45) is 0 Å². The van der Waals surface area contributed by atoms with Gasteiger partial charge < -0.3 is 10.0 Å². The monoisotopic (exact) mass is 315 g/mol. The van der Waals surface area contributed by atoms with Crippen molar-refractivity contribution < 1.29 is 14.7 Å². The molecule has 1 aromatic heterocycles. The molecular weight excluding hydrogens is 298 g/mol. The van der Waals surface area contributed by atoms with Crippen LogP contribution in [0.4, 0.5) is 0 Å². The van der Waals surface area contributed by atoms with Gasteiger partial charge in [0.2, 0.25) is 0 Å². The Hall–Kier alpha value is -2.14. The molecule has 0 aliphatic carbocycles. The van der Waals surface area contributed by atoms with E-state index >= 15 is 0 Å². The number of carboxylic acids is 1. The molecule has 2 aromatic rings. The number of hydrogen-bond donors (Lipinski definition) is 1. The van der Waals surface area contributed by atoms with Gasteiger partial charge in [0, 0.05) is 13.1 Å². The number of amides is 1. The second-order valence-electron chi connectivity index (χ2n) is 5.66. The molecule has 0 radical (unpaired) electrons. The predicted molar refractivity (Wildman–Crippen MR) is 85.3 cm³/mol. The van der Waals surface area contributed by atoms with Gasteiger partial charge in [0.05, 0.1) is 4.88 Å². The van der Waals surface area contributed by atoms with E-state index in [1.165, 1.54) is 11.3 Å². The third-order valence-electron chi connectivity index (χ3n) is 4.35. The lowest BCUT2D eigenvalue weighted by Crippen LogP contribution is -2.40. The molecule has 1 aromatic carbocycles. The second kappa shape index (κ2) is 5.57. The van der Waals surface area contributed by atoms with Crippen molar-refractivity contribution in [1.29, 1.82) is 0 Å². The average Bonchev–Trinajstić information content (AvgIpc) is 3.15. The molecule has 0 spiro atoms. The fraction of sp³-hybridized carbons (Fsp3) is 0.294. The first-order chi connectivity index (χ1) is 10.5.